The molecular formula is C17H15BrO3. The van der Waals surface area contributed by atoms with E-state index in [4.69, 9.17) is 9.47 Å². The quantitative estimate of drug-likeness (QED) is 0.835. The number of ketones is 1. The van der Waals surface area contributed by atoms with E-state index in [1.165, 1.54) is 0 Å². The van der Waals surface area contributed by atoms with Crippen LogP contribution in [0, 0.1) is 0 Å². The summed E-state index contributed by atoms with van der Waals surface area (Å²) in [5, 5.41) is 0. The first kappa shape index (κ1) is 14.1. The van der Waals surface area contributed by atoms with E-state index in [0.717, 1.165) is 21.2 Å². The molecule has 0 saturated heterocycles. The molecule has 0 spiro atoms. The van der Waals surface area contributed by atoms with Crippen molar-refractivity contribution in [2.75, 3.05) is 14.2 Å². The molecule has 3 nitrogen and oxygen atoms in total. The molecule has 0 amide bonds. The van der Waals surface area contributed by atoms with Crippen LogP contribution in [0.3, 0.4) is 0 Å². The SMILES string of the molecule is COc1cc2c(cc1OC)[C@@H](c1ccc(Br)cc1)CC2=O. The molecule has 0 radical (unpaired) electrons. The molecule has 21 heavy (non-hydrogen) atoms. The summed E-state index contributed by atoms with van der Waals surface area (Å²) >= 11 is 3.44. The van der Waals surface area contributed by atoms with E-state index in [1.807, 2.05) is 30.3 Å². The highest BCUT2D eigenvalue weighted by molar-refractivity contribution is 9.10. The van der Waals surface area contributed by atoms with Crippen molar-refractivity contribution in [3.63, 3.8) is 0 Å². The van der Waals surface area contributed by atoms with Gasteiger partial charge in [0.05, 0.1) is 14.2 Å². The Morgan fingerprint density at radius 2 is 1.67 bits per heavy atom. The molecule has 108 valence electrons. The molecule has 0 aliphatic heterocycles. The molecule has 1 aliphatic carbocycles. The number of Topliss-reactive ketones (excluding diaryl/α,β-unsaturated/α-hetero) is 1. The fraction of sp³-hybridized carbons (Fsp3) is 0.235. The maximum atomic E-state index is 12.3. The average molecular weight is 347 g/mol. The minimum absolute atomic E-state index is 0.0837. The van der Waals surface area contributed by atoms with Gasteiger partial charge < -0.3 is 9.47 Å². The zero-order valence-corrected chi connectivity index (χ0v) is 13.4. The summed E-state index contributed by atoms with van der Waals surface area (Å²) in [6.45, 7) is 0. The van der Waals surface area contributed by atoms with Gasteiger partial charge in [-0.15, -0.1) is 0 Å². The van der Waals surface area contributed by atoms with Gasteiger partial charge in [0.1, 0.15) is 0 Å². The van der Waals surface area contributed by atoms with Crippen molar-refractivity contribution in [3.8, 4) is 11.5 Å². The Balaban J connectivity index is 2.10. The highest BCUT2D eigenvalue weighted by Crippen LogP contribution is 2.43. The van der Waals surface area contributed by atoms with Crippen LogP contribution in [0.5, 0.6) is 11.5 Å². The molecule has 2 aromatic carbocycles. The van der Waals surface area contributed by atoms with Crippen molar-refractivity contribution in [2.24, 2.45) is 0 Å². The van der Waals surface area contributed by atoms with Crippen LogP contribution in [0.4, 0.5) is 0 Å². The van der Waals surface area contributed by atoms with Gasteiger partial charge in [-0.2, -0.15) is 0 Å². The molecule has 1 atom stereocenters. The second kappa shape index (κ2) is 5.53. The zero-order valence-electron chi connectivity index (χ0n) is 11.9. The zero-order chi connectivity index (χ0) is 15.0. The first-order valence-corrected chi connectivity index (χ1v) is 7.48. The van der Waals surface area contributed by atoms with E-state index in [1.54, 1.807) is 20.3 Å². The van der Waals surface area contributed by atoms with Crippen molar-refractivity contribution < 1.29 is 14.3 Å². The predicted molar refractivity (Wildman–Crippen MR) is 84.5 cm³/mol. The van der Waals surface area contributed by atoms with Crippen LogP contribution in [0.15, 0.2) is 40.9 Å². The van der Waals surface area contributed by atoms with Gasteiger partial charge in [-0.05, 0) is 35.4 Å². The molecule has 2 aromatic rings. The third kappa shape index (κ3) is 2.44. The fourth-order valence-electron chi connectivity index (χ4n) is 2.82. The van der Waals surface area contributed by atoms with Gasteiger partial charge >= 0.3 is 0 Å². The first-order valence-electron chi connectivity index (χ1n) is 6.68. The van der Waals surface area contributed by atoms with Crippen LogP contribution in [0.25, 0.3) is 0 Å². The van der Waals surface area contributed by atoms with Gasteiger partial charge in [0.15, 0.2) is 17.3 Å². The molecule has 0 N–H and O–H groups in total. The van der Waals surface area contributed by atoms with E-state index in [0.29, 0.717) is 17.9 Å². The number of fused-ring (bicyclic) bond motifs is 1. The summed E-state index contributed by atoms with van der Waals surface area (Å²) in [7, 11) is 3.19. The van der Waals surface area contributed by atoms with Crippen LogP contribution in [0.1, 0.15) is 33.8 Å². The van der Waals surface area contributed by atoms with Crippen LogP contribution in [-0.4, -0.2) is 20.0 Å². The maximum Gasteiger partial charge on any atom is 0.164 e. The van der Waals surface area contributed by atoms with E-state index < -0.39 is 0 Å². The second-order valence-electron chi connectivity index (χ2n) is 5.03. The summed E-state index contributed by atoms with van der Waals surface area (Å²) in [5.41, 5.74) is 2.89. The van der Waals surface area contributed by atoms with E-state index >= 15 is 0 Å². The van der Waals surface area contributed by atoms with Crippen molar-refractivity contribution in [2.45, 2.75) is 12.3 Å². The van der Waals surface area contributed by atoms with Gasteiger partial charge in [0.2, 0.25) is 0 Å². The molecule has 0 heterocycles. The number of hydrogen-bond acceptors (Lipinski definition) is 3. The van der Waals surface area contributed by atoms with Gasteiger partial charge in [-0.25, -0.2) is 0 Å². The number of carbonyl (C=O) groups is 1. The Labute approximate surface area is 132 Å². The normalized spacial score (nSPS) is 16.7. The van der Waals surface area contributed by atoms with Crippen molar-refractivity contribution in [3.05, 3.63) is 57.6 Å². The Bertz CT molecular complexity index is 692. The third-order valence-corrected chi connectivity index (χ3v) is 4.42. The summed E-state index contributed by atoms with van der Waals surface area (Å²) in [4.78, 5) is 12.3. The lowest BCUT2D eigenvalue weighted by atomic mass is 9.93. The van der Waals surface area contributed by atoms with Crippen LogP contribution >= 0.6 is 15.9 Å². The van der Waals surface area contributed by atoms with Gasteiger partial charge in [-0.1, -0.05) is 28.1 Å². The smallest absolute Gasteiger partial charge is 0.164 e. The van der Waals surface area contributed by atoms with Gasteiger partial charge in [-0.3, -0.25) is 4.79 Å². The second-order valence-corrected chi connectivity index (χ2v) is 5.94. The van der Waals surface area contributed by atoms with Crippen LogP contribution in [-0.2, 0) is 0 Å². The Morgan fingerprint density at radius 1 is 1.05 bits per heavy atom. The first-order chi connectivity index (χ1) is 10.1. The van der Waals surface area contributed by atoms with Gasteiger partial charge in [0.25, 0.3) is 0 Å². The number of benzene rings is 2. The molecule has 1 aliphatic rings. The van der Waals surface area contributed by atoms with Crippen molar-refractivity contribution >= 4 is 21.7 Å². The predicted octanol–water partition coefficient (Wildman–Crippen LogP) is 4.18. The largest absolute Gasteiger partial charge is 0.493 e. The van der Waals surface area contributed by atoms with E-state index in [2.05, 4.69) is 15.9 Å². The molecule has 0 fully saturated rings. The number of ether oxygens (including phenoxy) is 2. The number of hydrogen-bond donors (Lipinski definition) is 0. The Kier molecular flexibility index (Phi) is 3.72. The molecule has 0 saturated carbocycles. The molecular weight excluding hydrogens is 332 g/mol. The summed E-state index contributed by atoms with van der Waals surface area (Å²) in [6.07, 6.45) is 0.493. The summed E-state index contributed by atoms with van der Waals surface area (Å²) < 4.78 is 11.7. The highest BCUT2D eigenvalue weighted by Gasteiger charge is 2.32. The number of rotatable bonds is 3. The summed E-state index contributed by atoms with van der Waals surface area (Å²) in [6, 6.07) is 11.8. The molecule has 3 rings (SSSR count). The average Bonchev–Trinajstić information content (AvgIpc) is 2.83. The van der Waals surface area contributed by atoms with Crippen LogP contribution in [0.2, 0.25) is 0 Å². The van der Waals surface area contributed by atoms with E-state index in [-0.39, 0.29) is 11.7 Å². The van der Waals surface area contributed by atoms with Crippen molar-refractivity contribution in [1.29, 1.82) is 0 Å². The number of halogens is 1. The number of methoxy groups -OCH3 is 2. The summed E-state index contributed by atoms with van der Waals surface area (Å²) in [5.74, 6) is 1.49. The fourth-order valence-corrected chi connectivity index (χ4v) is 3.09. The molecule has 4 heteroatoms. The maximum absolute atomic E-state index is 12.3. The van der Waals surface area contributed by atoms with E-state index in [9.17, 15) is 4.79 Å². The lowest BCUT2D eigenvalue weighted by Gasteiger charge is -2.14. The Morgan fingerprint density at radius 3 is 2.29 bits per heavy atom. The lowest BCUT2D eigenvalue weighted by molar-refractivity contribution is 0.0991. The topological polar surface area (TPSA) is 35.5 Å². The highest BCUT2D eigenvalue weighted by atomic mass is 79.9. The minimum Gasteiger partial charge on any atom is -0.493 e. The van der Waals surface area contributed by atoms with Crippen molar-refractivity contribution in [1.82, 2.24) is 0 Å². The molecule has 0 bridgehead atoms. The van der Waals surface area contributed by atoms with Crippen LogP contribution < -0.4 is 9.47 Å². The monoisotopic (exact) mass is 346 g/mol. The number of carbonyl (C=O) groups excluding carboxylic acids is 1. The standard InChI is InChI=1S/C17H15BrO3/c1-20-16-8-13-12(10-3-5-11(18)6-4-10)7-15(19)14(13)9-17(16)21-2/h3-6,8-9,12H,7H2,1-2H3/t12-/m1/s1. The molecule has 0 aromatic heterocycles. The molecule has 0 unspecified atom stereocenters. The minimum atomic E-state index is 0.0837. The van der Waals surface area contributed by atoms with Gasteiger partial charge in [0, 0.05) is 22.4 Å². The Hall–Kier alpha value is -1.81. The third-order valence-electron chi connectivity index (χ3n) is 3.89. The lowest BCUT2D eigenvalue weighted by Crippen LogP contribution is -1.98.